The minimum absolute atomic E-state index is 0.00849. The molecule has 0 aromatic heterocycles. The van der Waals surface area contributed by atoms with E-state index in [1.54, 1.807) is 13.0 Å². The Morgan fingerprint density at radius 3 is 2.08 bits per heavy atom. The highest BCUT2D eigenvalue weighted by molar-refractivity contribution is 7.90. The zero-order valence-corrected chi connectivity index (χ0v) is 18.0. The molecule has 1 N–H and O–H groups in total. The fraction of sp³-hybridized carbons (Fsp3) is 0.600. The van der Waals surface area contributed by atoms with E-state index in [1.165, 1.54) is 6.08 Å². The monoisotopic (exact) mass is 390 g/mol. The summed E-state index contributed by atoms with van der Waals surface area (Å²) in [6, 6.07) is 0. The molecule has 1 unspecified atom stereocenters. The Morgan fingerprint density at radius 2 is 1.69 bits per heavy atom. The van der Waals surface area contributed by atoms with Gasteiger partial charge in [-0.1, -0.05) is 38.2 Å². The van der Waals surface area contributed by atoms with Gasteiger partial charge in [-0.25, -0.2) is 0 Å². The van der Waals surface area contributed by atoms with Crippen molar-refractivity contribution in [3.05, 3.63) is 48.9 Å². The van der Waals surface area contributed by atoms with Gasteiger partial charge in [0.1, 0.15) is 0 Å². The maximum Gasteiger partial charge on any atom is 0.292 e. The normalized spacial score (nSPS) is 12.4. The Kier molecular flexibility index (Phi) is 19.6. The molecule has 0 fully saturated rings. The fourth-order valence-electron chi connectivity index (χ4n) is 1.60. The number of allylic oxidation sites excluding steroid dienone is 3. The maximum atomic E-state index is 11.9. The summed E-state index contributed by atoms with van der Waals surface area (Å²) in [5.41, 5.74) is 0.878. The van der Waals surface area contributed by atoms with E-state index in [1.807, 2.05) is 27.7 Å². The Hall–Kier alpha value is -1.21. The van der Waals surface area contributed by atoms with Crippen LogP contribution in [0.3, 0.4) is 0 Å². The van der Waals surface area contributed by atoms with Crippen molar-refractivity contribution in [2.24, 2.45) is 0 Å². The van der Waals surface area contributed by atoms with Gasteiger partial charge in [-0.05, 0) is 33.6 Å². The lowest BCUT2D eigenvalue weighted by Gasteiger charge is -2.26. The van der Waals surface area contributed by atoms with Gasteiger partial charge in [0.15, 0.2) is 5.79 Å². The van der Waals surface area contributed by atoms with E-state index >= 15 is 0 Å². The highest BCUT2D eigenvalue weighted by Gasteiger charge is 2.27. The van der Waals surface area contributed by atoms with Crippen molar-refractivity contribution in [1.29, 1.82) is 0 Å². The Morgan fingerprint density at radius 1 is 1.19 bits per heavy atom. The summed E-state index contributed by atoms with van der Waals surface area (Å²) in [6.07, 6.45) is 4.30. The smallest absolute Gasteiger partial charge is 0.292 e. The fourth-order valence-corrected chi connectivity index (χ4v) is 2.42. The molecule has 0 rings (SSSR count). The van der Waals surface area contributed by atoms with Crippen molar-refractivity contribution in [2.45, 2.75) is 66.1 Å². The van der Waals surface area contributed by atoms with Crippen molar-refractivity contribution in [1.82, 2.24) is 0 Å². The Bertz CT molecular complexity index is 508. The quantitative estimate of drug-likeness (QED) is 0.285. The minimum atomic E-state index is -3.84. The zero-order chi connectivity index (χ0) is 21.2. The average Bonchev–Trinajstić information content (AvgIpc) is 2.55. The van der Waals surface area contributed by atoms with Crippen LogP contribution in [-0.2, 0) is 19.0 Å². The van der Waals surface area contributed by atoms with Crippen LogP contribution in [0.2, 0.25) is 0 Å². The lowest BCUT2D eigenvalue weighted by atomic mass is 10.1. The standard InChI is InChI=1S/C15H26O5S.C3H6.C2H6/c1-6-10-15(16,19-7-2)11-12-20-21(17,18)14(5)9-8-13(3)4;1-3-2;1-2/h6,16H,1,3,5,7-12H2,2,4H3;3H,1H2,2H3;1-2H3. The molecule has 0 aliphatic rings. The van der Waals surface area contributed by atoms with Gasteiger partial charge < -0.3 is 9.84 Å². The van der Waals surface area contributed by atoms with Gasteiger partial charge in [0.05, 0.1) is 11.5 Å². The Balaban J connectivity index is -0.000000950. The SMILES string of the molecule is C=CC.C=CCC(O)(CCOS(=O)(=O)C(=C)CCC(=C)C)OCC.CC. The van der Waals surface area contributed by atoms with E-state index < -0.39 is 15.9 Å². The summed E-state index contributed by atoms with van der Waals surface area (Å²) in [6.45, 7) is 23.7. The van der Waals surface area contributed by atoms with Crippen LogP contribution < -0.4 is 0 Å². The van der Waals surface area contributed by atoms with Gasteiger partial charge in [0.25, 0.3) is 10.1 Å². The van der Waals surface area contributed by atoms with E-state index in [0.717, 1.165) is 5.57 Å². The molecular formula is C20H38O5S. The second-order valence-electron chi connectivity index (χ2n) is 5.30. The first-order valence-corrected chi connectivity index (χ1v) is 10.2. The number of hydrogen-bond acceptors (Lipinski definition) is 5. The molecule has 0 saturated heterocycles. The molecule has 0 aromatic rings. The summed E-state index contributed by atoms with van der Waals surface area (Å²) < 4.78 is 33.8. The van der Waals surface area contributed by atoms with Gasteiger partial charge in [0.2, 0.25) is 0 Å². The van der Waals surface area contributed by atoms with Crippen LogP contribution in [-0.4, -0.2) is 32.5 Å². The topological polar surface area (TPSA) is 72.8 Å². The van der Waals surface area contributed by atoms with Crippen LogP contribution in [0, 0.1) is 0 Å². The van der Waals surface area contributed by atoms with Crippen LogP contribution in [0.5, 0.6) is 0 Å². The Labute approximate surface area is 161 Å². The van der Waals surface area contributed by atoms with Crippen molar-refractivity contribution in [2.75, 3.05) is 13.2 Å². The van der Waals surface area contributed by atoms with Gasteiger partial charge in [-0.15, -0.1) is 19.7 Å². The molecule has 6 heteroatoms. The zero-order valence-electron chi connectivity index (χ0n) is 17.2. The third kappa shape index (κ3) is 16.3. The molecule has 0 spiro atoms. The summed E-state index contributed by atoms with van der Waals surface area (Å²) in [4.78, 5) is 0.00849. The van der Waals surface area contributed by atoms with E-state index in [2.05, 4.69) is 26.3 Å². The molecule has 0 heterocycles. The third-order valence-electron chi connectivity index (χ3n) is 2.79. The van der Waals surface area contributed by atoms with Gasteiger partial charge in [-0.2, -0.15) is 8.42 Å². The van der Waals surface area contributed by atoms with E-state index in [-0.39, 0.29) is 30.8 Å². The van der Waals surface area contributed by atoms with E-state index in [9.17, 15) is 13.5 Å². The van der Waals surface area contributed by atoms with Crippen LogP contribution >= 0.6 is 0 Å². The first-order valence-electron chi connectivity index (χ1n) is 8.84. The lowest BCUT2D eigenvalue weighted by molar-refractivity contribution is -0.204. The molecule has 0 aliphatic carbocycles. The van der Waals surface area contributed by atoms with Crippen LogP contribution in [0.4, 0.5) is 0 Å². The highest BCUT2D eigenvalue weighted by atomic mass is 32.2. The molecule has 154 valence electrons. The average molecular weight is 391 g/mol. The molecule has 26 heavy (non-hydrogen) atoms. The van der Waals surface area contributed by atoms with Crippen molar-refractivity contribution >= 4 is 10.1 Å². The summed E-state index contributed by atoms with van der Waals surface area (Å²) in [7, 11) is -3.84. The largest absolute Gasteiger partial charge is 0.365 e. The lowest BCUT2D eigenvalue weighted by Crippen LogP contribution is -2.33. The van der Waals surface area contributed by atoms with Gasteiger partial charge in [0, 0.05) is 19.4 Å². The molecule has 5 nitrogen and oxygen atoms in total. The summed E-state index contributed by atoms with van der Waals surface area (Å²) in [5.74, 6) is -1.45. The van der Waals surface area contributed by atoms with Crippen molar-refractivity contribution < 1.29 is 22.4 Å². The van der Waals surface area contributed by atoms with Crippen LogP contribution in [0.25, 0.3) is 0 Å². The predicted molar refractivity (Wildman–Crippen MR) is 111 cm³/mol. The second-order valence-corrected chi connectivity index (χ2v) is 7.02. The number of ether oxygens (including phenoxy) is 1. The predicted octanol–water partition coefficient (Wildman–Crippen LogP) is 5.11. The minimum Gasteiger partial charge on any atom is -0.365 e. The molecule has 0 aromatic carbocycles. The van der Waals surface area contributed by atoms with Crippen LogP contribution in [0.15, 0.2) is 48.9 Å². The molecular weight excluding hydrogens is 352 g/mol. The molecule has 0 amide bonds. The van der Waals surface area contributed by atoms with Gasteiger partial charge in [-0.3, -0.25) is 4.18 Å². The van der Waals surface area contributed by atoms with Crippen LogP contribution in [0.1, 0.15) is 60.3 Å². The maximum absolute atomic E-state index is 11.9. The van der Waals surface area contributed by atoms with Crippen molar-refractivity contribution in [3.8, 4) is 0 Å². The first kappa shape index (κ1) is 29.5. The molecule has 0 saturated carbocycles. The third-order valence-corrected chi connectivity index (χ3v) is 4.18. The molecule has 0 bridgehead atoms. The van der Waals surface area contributed by atoms with Gasteiger partial charge >= 0.3 is 0 Å². The number of rotatable bonds is 12. The first-order chi connectivity index (χ1) is 12.1. The van der Waals surface area contributed by atoms with E-state index in [0.29, 0.717) is 13.0 Å². The second kappa shape index (κ2) is 17.2. The summed E-state index contributed by atoms with van der Waals surface area (Å²) >= 11 is 0. The highest BCUT2D eigenvalue weighted by Crippen LogP contribution is 2.21. The molecule has 0 radical (unpaired) electrons. The number of hydrogen-bond donors (Lipinski definition) is 1. The van der Waals surface area contributed by atoms with Crippen molar-refractivity contribution in [3.63, 3.8) is 0 Å². The molecule has 0 aliphatic heterocycles. The number of aliphatic hydroxyl groups is 1. The summed E-state index contributed by atoms with van der Waals surface area (Å²) in [5, 5.41) is 10.1. The van der Waals surface area contributed by atoms with E-state index in [4.69, 9.17) is 8.92 Å². The molecule has 1 atom stereocenters.